The highest BCUT2D eigenvalue weighted by Crippen LogP contribution is 2.27. The molecule has 0 aliphatic heterocycles. The van der Waals surface area contributed by atoms with Gasteiger partial charge in [0.25, 0.3) is 5.91 Å². The largest absolute Gasteiger partial charge is 0.497 e. The molecule has 2 amide bonds. The van der Waals surface area contributed by atoms with Gasteiger partial charge >= 0.3 is 0 Å². The molecule has 0 fully saturated rings. The van der Waals surface area contributed by atoms with Crippen LogP contribution in [0.5, 0.6) is 11.5 Å². The Balaban J connectivity index is 1.72. The van der Waals surface area contributed by atoms with E-state index in [-0.39, 0.29) is 18.9 Å². The van der Waals surface area contributed by atoms with Crippen LogP contribution in [0.4, 0.5) is 0 Å². The van der Waals surface area contributed by atoms with Gasteiger partial charge < -0.3 is 14.8 Å². The van der Waals surface area contributed by atoms with Crippen LogP contribution in [0.2, 0.25) is 10.0 Å². The summed E-state index contributed by atoms with van der Waals surface area (Å²) in [5.74, 6) is 0.403. The number of hydrogen-bond acceptors (Lipinski definition) is 5. The Labute approximate surface area is 179 Å². The topological polar surface area (TPSA) is 89.0 Å². The van der Waals surface area contributed by atoms with Crippen molar-refractivity contribution in [1.82, 2.24) is 10.7 Å². The molecule has 2 rings (SSSR count). The van der Waals surface area contributed by atoms with E-state index in [9.17, 15) is 9.59 Å². The van der Waals surface area contributed by atoms with Crippen molar-refractivity contribution < 1.29 is 19.1 Å². The van der Waals surface area contributed by atoms with Crippen molar-refractivity contribution in [3.63, 3.8) is 0 Å². The molecule has 2 N–H and O–H groups in total. The number of carbonyl (C=O) groups is 2. The zero-order valence-corrected chi connectivity index (χ0v) is 17.5. The van der Waals surface area contributed by atoms with Crippen LogP contribution in [-0.4, -0.2) is 31.2 Å². The molecule has 0 spiro atoms. The first-order chi connectivity index (χ1) is 13.9. The van der Waals surface area contributed by atoms with Gasteiger partial charge in [-0.1, -0.05) is 35.3 Å². The molecule has 2 aromatic rings. The SMILES string of the molecule is COc1ccc(CNC(=O)CC(C)=NNC(=O)COc2ccc(Cl)cc2Cl)cc1. The van der Waals surface area contributed by atoms with Gasteiger partial charge in [0.05, 0.1) is 18.6 Å². The minimum absolute atomic E-state index is 0.0559. The summed E-state index contributed by atoms with van der Waals surface area (Å²) in [5.41, 5.74) is 3.73. The Bertz CT molecular complexity index is 886. The highest BCUT2D eigenvalue weighted by Gasteiger charge is 2.08. The van der Waals surface area contributed by atoms with Gasteiger partial charge in [-0.25, -0.2) is 5.43 Å². The molecule has 0 unspecified atom stereocenters. The lowest BCUT2D eigenvalue weighted by molar-refractivity contribution is -0.123. The van der Waals surface area contributed by atoms with E-state index in [0.717, 1.165) is 11.3 Å². The second-order valence-corrected chi connectivity index (χ2v) is 6.89. The summed E-state index contributed by atoms with van der Waals surface area (Å²) in [4.78, 5) is 23.8. The summed E-state index contributed by atoms with van der Waals surface area (Å²) >= 11 is 11.8. The van der Waals surface area contributed by atoms with Crippen LogP contribution in [0.3, 0.4) is 0 Å². The summed E-state index contributed by atoms with van der Waals surface area (Å²) in [6.07, 6.45) is 0.0559. The van der Waals surface area contributed by atoms with Crippen LogP contribution in [0.15, 0.2) is 47.6 Å². The third-order valence-corrected chi connectivity index (χ3v) is 4.22. The lowest BCUT2D eigenvalue weighted by atomic mass is 10.2. The number of nitrogens with one attached hydrogen (secondary N) is 2. The van der Waals surface area contributed by atoms with Gasteiger partial charge in [0, 0.05) is 17.3 Å². The van der Waals surface area contributed by atoms with E-state index in [0.29, 0.717) is 28.1 Å². The maximum Gasteiger partial charge on any atom is 0.277 e. The molecule has 0 bridgehead atoms. The van der Waals surface area contributed by atoms with Crippen LogP contribution in [0.25, 0.3) is 0 Å². The average Bonchev–Trinajstić information content (AvgIpc) is 2.70. The molecule has 7 nitrogen and oxygen atoms in total. The zero-order chi connectivity index (χ0) is 21.2. The maximum atomic E-state index is 12.0. The van der Waals surface area contributed by atoms with Gasteiger partial charge in [-0.3, -0.25) is 9.59 Å². The third-order valence-electron chi connectivity index (χ3n) is 3.69. The van der Waals surface area contributed by atoms with Crippen molar-refractivity contribution in [3.05, 3.63) is 58.1 Å². The monoisotopic (exact) mass is 437 g/mol. The second kappa shape index (κ2) is 11.3. The van der Waals surface area contributed by atoms with Crippen LogP contribution < -0.4 is 20.2 Å². The third kappa shape index (κ3) is 8.01. The lowest BCUT2D eigenvalue weighted by Gasteiger charge is -2.08. The summed E-state index contributed by atoms with van der Waals surface area (Å²) < 4.78 is 10.4. The molecule has 0 saturated heterocycles. The summed E-state index contributed by atoms with van der Waals surface area (Å²) in [5, 5.41) is 7.46. The maximum absolute atomic E-state index is 12.0. The Morgan fingerprint density at radius 2 is 1.79 bits per heavy atom. The van der Waals surface area contributed by atoms with E-state index >= 15 is 0 Å². The fourth-order valence-corrected chi connectivity index (χ4v) is 2.67. The Kier molecular flexibility index (Phi) is 8.76. The number of amides is 2. The Morgan fingerprint density at radius 1 is 1.07 bits per heavy atom. The molecular formula is C20H21Cl2N3O4. The number of benzene rings is 2. The summed E-state index contributed by atoms with van der Waals surface area (Å²) in [6, 6.07) is 12.1. The van der Waals surface area contributed by atoms with Crippen LogP contribution >= 0.6 is 23.2 Å². The summed E-state index contributed by atoms with van der Waals surface area (Å²) in [7, 11) is 1.59. The molecule has 0 aliphatic carbocycles. The molecule has 0 saturated carbocycles. The van der Waals surface area contributed by atoms with Gasteiger partial charge in [-0.15, -0.1) is 0 Å². The number of hydrogen-bond donors (Lipinski definition) is 2. The average molecular weight is 438 g/mol. The number of halogens is 2. The van der Waals surface area contributed by atoms with Crippen LogP contribution in [0.1, 0.15) is 18.9 Å². The van der Waals surface area contributed by atoms with E-state index in [1.807, 2.05) is 24.3 Å². The van der Waals surface area contributed by atoms with Crippen molar-refractivity contribution in [2.45, 2.75) is 19.9 Å². The Hall–Kier alpha value is -2.77. The van der Waals surface area contributed by atoms with E-state index in [2.05, 4.69) is 15.8 Å². The molecule has 0 atom stereocenters. The zero-order valence-electron chi connectivity index (χ0n) is 16.0. The number of methoxy groups -OCH3 is 1. The fourth-order valence-electron chi connectivity index (χ4n) is 2.20. The number of carbonyl (C=O) groups excluding carboxylic acids is 2. The molecule has 0 heterocycles. The van der Waals surface area contributed by atoms with Crippen LogP contribution in [-0.2, 0) is 16.1 Å². The predicted molar refractivity (Wildman–Crippen MR) is 113 cm³/mol. The molecule has 2 aromatic carbocycles. The van der Waals surface area contributed by atoms with Crippen molar-refractivity contribution >= 4 is 40.7 Å². The number of ether oxygens (including phenoxy) is 2. The van der Waals surface area contributed by atoms with Gasteiger partial charge in [-0.2, -0.15) is 5.10 Å². The van der Waals surface area contributed by atoms with Crippen molar-refractivity contribution in [2.75, 3.05) is 13.7 Å². The minimum Gasteiger partial charge on any atom is -0.497 e. The Morgan fingerprint density at radius 3 is 2.45 bits per heavy atom. The quantitative estimate of drug-likeness (QED) is 0.463. The molecule has 0 aliphatic rings. The highest BCUT2D eigenvalue weighted by atomic mass is 35.5. The molecule has 0 aromatic heterocycles. The molecule has 9 heteroatoms. The van der Waals surface area contributed by atoms with Crippen LogP contribution in [0, 0.1) is 0 Å². The van der Waals surface area contributed by atoms with E-state index in [4.69, 9.17) is 32.7 Å². The van der Waals surface area contributed by atoms with Crippen molar-refractivity contribution in [1.29, 1.82) is 0 Å². The van der Waals surface area contributed by atoms with E-state index in [1.54, 1.807) is 26.2 Å². The molecule has 0 radical (unpaired) electrons. The normalized spacial score (nSPS) is 11.0. The van der Waals surface area contributed by atoms with Gasteiger partial charge in [0.2, 0.25) is 5.91 Å². The van der Waals surface area contributed by atoms with Crippen molar-refractivity contribution in [2.24, 2.45) is 5.10 Å². The first-order valence-electron chi connectivity index (χ1n) is 8.67. The molecule has 29 heavy (non-hydrogen) atoms. The first-order valence-corrected chi connectivity index (χ1v) is 9.42. The number of hydrazone groups is 1. The van der Waals surface area contributed by atoms with Crippen molar-refractivity contribution in [3.8, 4) is 11.5 Å². The van der Waals surface area contributed by atoms with E-state index < -0.39 is 5.91 Å². The van der Waals surface area contributed by atoms with Gasteiger partial charge in [0.1, 0.15) is 11.5 Å². The van der Waals surface area contributed by atoms with Gasteiger partial charge in [-0.05, 0) is 42.8 Å². The number of nitrogens with zero attached hydrogens (tertiary/aromatic N) is 1. The molecular weight excluding hydrogens is 417 g/mol. The standard InChI is InChI=1S/C20H21Cl2N3O4/c1-13(9-19(26)23-11-14-3-6-16(28-2)7-4-14)24-25-20(27)12-29-18-8-5-15(21)10-17(18)22/h3-8,10H,9,11-12H2,1-2H3,(H,23,26)(H,25,27). The summed E-state index contributed by atoms with van der Waals surface area (Å²) in [6.45, 7) is 1.75. The first kappa shape index (κ1) is 22.5. The second-order valence-electron chi connectivity index (χ2n) is 6.05. The lowest BCUT2D eigenvalue weighted by Crippen LogP contribution is -2.28. The minimum atomic E-state index is -0.478. The predicted octanol–water partition coefficient (Wildman–Crippen LogP) is 3.58. The fraction of sp³-hybridized carbons (Fsp3) is 0.250. The van der Waals surface area contributed by atoms with Gasteiger partial charge in [0.15, 0.2) is 6.61 Å². The highest BCUT2D eigenvalue weighted by molar-refractivity contribution is 6.35. The molecule has 154 valence electrons. The van der Waals surface area contributed by atoms with E-state index in [1.165, 1.54) is 6.07 Å². The smallest absolute Gasteiger partial charge is 0.277 e. The number of rotatable bonds is 9.